The Balaban J connectivity index is 1.40. The largest absolute Gasteiger partial charge is 0.497 e. The van der Waals surface area contributed by atoms with Gasteiger partial charge >= 0.3 is 0 Å². The van der Waals surface area contributed by atoms with Crippen molar-refractivity contribution < 1.29 is 4.74 Å². The summed E-state index contributed by atoms with van der Waals surface area (Å²) in [5.74, 6) is 2.29. The van der Waals surface area contributed by atoms with E-state index < -0.39 is 0 Å². The summed E-state index contributed by atoms with van der Waals surface area (Å²) in [5, 5.41) is 6.82. The Morgan fingerprint density at radius 1 is 0.914 bits per heavy atom. The van der Waals surface area contributed by atoms with Gasteiger partial charge in [-0.25, -0.2) is 15.0 Å². The predicted molar refractivity (Wildman–Crippen MR) is 143 cm³/mol. The molecular weight excluding hydrogens is 454 g/mol. The first-order chi connectivity index (χ1) is 17.3. The number of ether oxygens (including phenoxy) is 1. The summed E-state index contributed by atoms with van der Waals surface area (Å²) in [6, 6.07) is 26.7. The van der Waals surface area contributed by atoms with Crippen molar-refractivity contribution in [2.45, 2.75) is 6.42 Å². The highest BCUT2D eigenvalue weighted by Gasteiger charge is 2.17. The maximum atomic E-state index is 5.27. The average Bonchev–Trinajstić information content (AvgIpc) is 3.54. The smallest absolute Gasteiger partial charge is 0.170 e. The van der Waals surface area contributed by atoms with Crippen molar-refractivity contribution >= 4 is 38.4 Å². The van der Waals surface area contributed by atoms with Gasteiger partial charge in [-0.15, -0.1) is 11.3 Å². The molecule has 0 bridgehead atoms. The zero-order chi connectivity index (χ0) is 23.6. The first-order valence-corrected chi connectivity index (χ1v) is 12.3. The Hall–Kier alpha value is -4.23. The van der Waals surface area contributed by atoms with Crippen LogP contribution >= 0.6 is 11.3 Å². The molecule has 6 aromatic rings. The molecule has 6 rings (SSSR count). The van der Waals surface area contributed by atoms with E-state index in [9.17, 15) is 0 Å². The molecule has 0 saturated carbocycles. The number of nitrogens with one attached hydrogen (secondary N) is 1. The summed E-state index contributed by atoms with van der Waals surface area (Å²) in [6.45, 7) is 0.723. The standard InChI is InChI=1S/C28H23N5OS/c1-34-21-13-11-19(12-14-21)15-16-29-27-25-28(33(18-30-25)20-7-3-2-4-8-20)32-26(31-27)23-17-35-24-10-6-5-9-22(23)24/h2-14,17-18H,15-16H2,1H3,(H,29,31,32). The first kappa shape index (κ1) is 21.3. The number of hydrogen-bond donors (Lipinski definition) is 1. The Morgan fingerprint density at radius 3 is 2.54 bits per heavy atom. The Labute approximate surface area is 206 Å². The van der Waals surface area contributed by atoms with Crippen molar-refractivity contribution in [3.63, 3.8) is 0 Å². The van der Waals surface area contributed by atoms with Crippen LogP contribution in [0, 0.1) is 0 Å². The van der Waals surface area contributed by atoms with Gasteiger partial charge in [-0.05, 0) is 42.3 Å². The number of fused-ring (bicyclic) bond motifs is 2. The molecule has 0 aliphatic heterocycles. The second-order valence-corrected chi connectivity index (χ2v) is 9.10. The molecule has 0 saturated heterocycles. The lowest BCUT2D eigenvalue weighted by atomic mass is 10.1. The van der Waals surface area contributed by atoms with Crippen LogP contribution in [0.1, 0.15) is 5.56 Å². The first-order valence-electron chi connectivity index (χ1n) is 11.4. The van der Waals surface area contributed by atoms with E-state index in [1.165, 1.54) is 10.3 Å². The van der Waals surface area contributed by atoms with Crippen LogP contribution in [0.2, 0.25) is 0 Å². The third-order valence-electron chi connectivity index (χ3n) is 6.02. The van der Waals surface area contributed by atoms with Crippen LogP contribution in [0.25, 0.3) is 38.3 Å². The number of aromatic nitrogens is 4. The monoisotopic (exact) mass is 477 g/mol. The van der Waals surface area contributed by atoms with Gasteiger partial charge in [0, 0.05) is 33.3 Å². The second-order valence-electron chi connectivity index (χ2n) is 8.19. The van der Waals surface area contributed by atoms with E-state index in [1.54, 1.807) is 18.4 Å². The third-order valence-corrected chi connectivity index (χ3v) is 6.98. The molecule has 3 heterocycles. The van der Waals surface area contributed by atoms with Crippen LogP contribution in [0.15, 0.2) is 90.6 Å². The minimum Gasteiger partial charge on any atom is -0.497 e. The molecule has 1 N–H and O–H groups in total. The van der Waals surface area contributed by atoms with E-state index in [2.05, 4.69) is 64.2 Å². The molecule has 0 radical (unpaired) electrons. The van der Waals surface area contributed by atoms with Gasteiger partial charge in [0.2, 0.25) is 0 Å². The van der Waals surface area contributed by atoms with E-state index in [-0.39, 0.29) is 0 Å². The van der Waals surface area contributed by atoms with Crippen molar-refractivity contribution in [3.8, 4) is 22.8 Å². The summed E-state index contributed by atoms with van der Waals surface area (Å²) < 4.78 is 8.50. The van der Waals surface area contributed by atoms with Crippen LogP contribution in [-0.2, 0) is 6.42 Å². The quantitative estimate of drug-likeness (QED) is 0.290. The topological polar surface area (TPSA) is 64.9 Å². The predicted octanol–water partition coefficient (Wildman–Crippen LogP) is 6.36. The molecule has 3 aromatic heterocycles. The lowest BCUT2D eigenvalue weighted by Gasteiger charge is -2.10. The SMILES string of the molecule is COc1ccc(CCNc2nc(-c3csc4ccccc34)nc3c2ncn3-c2ccccc2)cc1. The Bertz CT molecular complexity index is 1610. The molecule has 0 unspecified atom stereocenters. The van der Waals surface area contributed by atoms with Crippen LogP contribution in [-0.4, -0.2) is 33.2 Å². The lowest BCUT2D eigenvalue weighted by molar-refractivity contribution is 0.414. The minimum absolute atomic E-state index is 0.694. The van der Waals surface area contributed by atoms with Gasteiger partial charge in [0.1, 0.15) is 12.1 Å². The molecule has 7 heteroatoms. The average molecular weight is 478 g/mol. The zero-order valence-electron chi connectivity index (χ0n) is 19.2. The van der Waals surface area contributed by atoms with E-state index in [4.69, 9.17) is 14.7 Å². The fourth-order valence-corrected chi connectivity index (χ4v) is 5.13. The van der Waals surface area contributed by atoms with E-state index in [0.29, 0.717) is 5.82 Å². The highest BCUT2D eigenvalue weighted by Crippen LogP contribution is 2.34. The van der Waals surface area contributed by atoms with E-state index in [1.807, 2.05) is 41.2 Å². The third kappa shape index (κ3) is 4.11. The van der Waals surface area contributed by atoms with Crippen molar-refractivity contribution in [2.24, 2.45) is 0 Å². The normalized spacial score (nSPS) is 11.2. The fraction of sp³-hybridized carbons (Fsp3) is 0.107. The molecule has 6 nitrogen and oxygen atoms in total. The number of nitrogens with zero attached hydrogens (tertiary/aromatic N) is 4. The highest BCUT2D eigenvalue weighted by molar-refractivity contribution is 7.17. The Morgan fingerprint density at radius 2 is 1.71 bits per heavy atom. The van der Waals surface area contributed by atoms with Crippen LogP contribution in [0.4, 0.5) is 5.82 Å². The van der Waals surface area contributed by atoms with Gasteiger partial charge in [0.15, 0.2) is 22.8 Å². The molecule has 0 atom stereocenters. The lowest BCUT2D eigenvalue weighted by Crippen LogP contribution is -2.08. The molecule has 0 spiro atoms. The fourth-order valence-electron chi connectivity index (χ4n) is 4.19. The van der Waals surface area contributed by atoms with Crippen LogP contribution in [0.5, 0.6) is 5.75 Å². The van der Waals surface area contributed by atoms with Gasteiger partial charge in [-0.1, -0.05) is 48.5 Å². The van der Waals surface area contributed by atoms with E-state index in [0.717, 1.165) is 52.3 Å². The number of benzene rings is 3. The van der Waals surface area contributed by atoms with E-state index >= 15 is 0 Å². The Kier molecular flexibility index (Phi) is 5.60. The number of imidazole rings is 1. The van der Waals surface area contributed by atoms with Crippen molar-refractivity contribution in [3.05, 3.63) is 96.1 Å². The number of hydrogen-bond acceptors (Lipinski definition) is 6. The summed E-state index contributed by atoms with van der Waals surface area (Å²) in [6.07, 6.45) is 2.67. The van der Waals surface area contributed by atoms with Gasteiger partial charge in [0.25, 0.3) is 0 Å². The summed E-state index contributed by atoms with van der Waals surface area (Å²) in [7, 11) is 1.68. The van der Waals surface area contributed by atoms with Gasteiger partial charge in [-0.3, -0.25) is 4.57 Å². The summed E-state index contributed by atoms with van der Waals surface area (Å²) >= 11 is 1.71. The number of methoxy groups -OCH3 is 1. The number of para-hydroxylation sites is 1. The summed E-state index contributed by atoms with van der Waals surface area (Å²) in [4.78, 5) is 14.6. The number of anilines is 1. The zero-order valence-corrected chi connectivity index (χ0v) is 20.0. The summed E-state index contributed by atoms with van der Waals surface area (Å²) in [5.41, 5.74) is 4.81. The van der Waals surface area contributed by atoms with Crippen molar-refractivity contribution in [2.75, 3.05) is 19.0 Å². The van der Waals surface area contributed by atoms with Gasteiger partial charge < -0.3 is 10.1 Å². The van der Waals surface area contributed by atoms with Crippen LogP contribution < -0.4 is 10.1 Å². The number of rotatable bonds is 7. The second kappa shape index (κ2) is 9.19. The molecule has 0 aliphatic rings. The maximum absolute atomic E-state index is 5.27. The van der Waals surface area contributed by atoms with Crippen molar-refractivity contribution in [1.29, 1.82) is 0 Å². The van der Waals surface area contributed by atoms with Crippen molar-refractivity contribution in [1.82, 2.24) is 19.5 Å². The van der Waals surface area contributed by atoms with Gasteiger partial charge in [0.05, 0.1) is 7.11 Å². The number of thiophene rings is 1. The maximum Gasteiger partial charge on any atom is 0.170 e. The molecule has 0 aliphatic carbocycles. The molecule has 35 heavy (non-hydrogen) atoms. The highest BCUT2D eigenvalue weighted by atomic mass is 32.1. The molecule has 3 aromatic carbocycles. The molecule has 0 amide bonds. The van der Waals surface area contributed by atoms with Gasteiger partial charge in [-0.2, -0.15) is 0 Å². The molecule has 0 fully saturated rings. The minimum atomic E-state index is 0.694. The molecule has 172 valence electrons. The molecular formula is C28H23N5OS. The van der Waals surface area contributed by atoms with Crippen LogP contribution in [0.3, 0.4) is 0 Å².